The Kier molecular flexibility index (Phi) is 4.71. The molecule has 0 amide bonds. The molecule has 6 heteroatoms. The fourth-order valence-electron chi connectivity index (χ4n) is 3.52. The molecule has 31 heavy (non-hydrogen) atoms. The fourth-order valence-corrected chi connectivity index (χ4v) is 3.94. The van der Waals surface area contributed by atoms with E-state index in [0.717, 1.165) is 15.4 Å². The summed E-state index contributed by atoms with van der Waals surface area (Å²) >= 11 is 3.42. The van der Waals surface area contributed by atoms with Crippen LogP contribution in [0.4, 0.5) is 0 Å². The van der Waals surface area contributed by atoms with Crippen LogP contribution in [-0.4, -0.2) is 11.8 Å². The molecule has 0 spiro atoms. The van der Waals surface area contributed by atoms with Crippen LogP contribution in [0, 0.1) is 6.92 Å². The second-order valence-electron chi connectivity index (χ2n) is 7.15. The molecule has 0 N–H and O–H groups in total. The lowest BCUT2D eigenvalue weighted by molar-refractivity contribution is 0.0703. The molecule has 5 rings (SSSR count). The number of hydrogen-bond donors (Lipinski definition) is 0. The van der Waals surface area contributed by atoms with Gasteiger partial charge in [-0.15, -0.1) is 0 Å². The summed E-state index contributed by atoms with van der Waals surface area (Å²) in [5.41, 5.74) is 2.56. The zero-order valence-electron chi connectivity index (χ0n) is 16.3. The van der Waals surface area contributed by atoms with Gasteiger partial charge in [0.2, 0.25) is 11.5 Å². The topological polar surface area (TPSA) is 65.7 Å². The molecule has 0 bridgehead atoms. The van der Waals surface area contributed by atoms with Gasteiger partial charge in [-0.05, 0) is 54.5 Å². The number of carbonyl (C=O) groups is 2. The van der Waals surface area contributed by atoms with Gasteiger partial charge < -0.3 is 13.9 Å². The highest BCUT2D eigenvalue weighted by Crippen LogP contribution is 2.38. The van der Waals surface area contributed by atoms with E-state index in [4.69, 9.17) is 13.9 Å². The Morgan fingerprint density at radius 2 is 1.87 bits per heavy atom. The molecule has 152 valence electrons. The Bertz CT molecular complexity index is 1360. The predicted octanol–water partition coefficient (Wildman–Crippen LogP) is 6.34. The molecule has 0 fully saturated rings. The zero-order chi connectivity index (χ0) is 21.5. The first-order chi connectivity index (χ1) is 15.0. The lowest BCUT2D eigenvalue weighted by Gasteiger charge is -2.06. The minimum Gasteiger partial charge on any atom is -0.452 e. The van der Waals surface area contributed by atoms with Gasteiger partial charge in [0.15, 0.2) is 5.76 Å². The Labute approximate surface area is 186 Å². The molecule has 0 saturated heterocycles. The largest absolute Gasteiger partial charge is 0.452 e. The number of aryl methyl sites for hydroxylation is 1. The smallest absolute Gasteiger partial charge is 0.379 e. The number of furan rings is 1. The van der Waals surface area contributed by atoms with Gasteiger partial charge in [0.05, 0.1) is 5.56 Å². The lowest BCUT2D eigenvalue weighted by Crippen LogP contribution is -2.07. The summed E-state index contributed by atoms with van der Waals surface area (Å²) in [4.78, 5) is 25.4. The average molecular weight is 475 g/mol. The van der Waals surface area contributed by atoms with E-state index in [1.807, 2.05) is 42.5 Å². The van der Waals surface area contributed by atoms with Crippen molar-refractivity contribution in [1.82, 2.24) is 0 Å². The molecular formula is C25H15BrO5. The maximum Gasteiger partial charge on any atom is 0.379 e. The van der Waals surface area contributed by atoms with E-state index in [1.165, 1.54) is 0 Å². The van der Waals surface area contributed by atoms with E-state index in [2.05, 4.69) is 15.9 Å². The number of rotatable bonds is 3. The highest BCUT2D eigenvalue weighted by Gasteiger charge is 2.30. The third kappa shape index (κ3) is 3.66. The van der Waals surface area contributed by atoms with Crippen molar-refractivity contribution in [2.45, 2.75) is 6.92 Å². The number of Topliss-reactive ketones (excluding diaryl/α,β-unsaturated/α-hetero) is 1. The zero-order valence-corrected chi connectivity index (χ0v) is 17.9. The van der Waals surface area contributed by atoms with Crippen molar-refractivity contribution in [3.8, 4) is 11.5 Å². The third-order valence-electron chi connectivity index (χ3n) is 4.93. The molecular weight excluding hydrogens is 460 g/mol. The molecule has 0 saturated carbocycles. The van der Waals surface area contributed by atoms with Crippen molar-refractivity contribution in [1.29, 1.82) is 0 Å². The van der Waals surface area contributed by atoms with Gasteiger partial charge in [0, 0.05) is 15.9 Å². The maximum absolute atomic E-state index is 12.8. The maximum atomic E-state index is 12.8. The highest BCUT2D eigenvalue weighted by molar-refractivity contribution is 9.10. The summed E-state index contributed by atoms with van der Waals surface area (Å²) < 4.78 is 17.8. The second kappa shape index (κ2) is 7.56. The van der Waals surface area contributed by atoms with Crippen LogP contribution in [0.25, 0.3) is 17.0 Å². The van der Waals surface area contributed by atoms with Gasteiger partial charge in [0.1, 0.15) is 17.1 Å². The van der Waals surface area contributed by atoms with Crippen molar-refractivity contribution < 1.29 is 23.5 Å². The number of allylic oxidation sites excluding steroid dienone is 1. The Morgan fingerprint density at radius 1 is 1.03 bits per heavy atom. The standard InChI is InChI=1S/C25H15BrO5/c1-14-9-18(29-25(28)22-12-16-6-2-3-8-19(16)30-22)13-20-23(14)24(27)21(31-20)11-15-5-4-7-17(26)10-15/h2-13H,1H3/b21-11-. The molecule has 0 atom stereocenters. The monoisotopic (exact) mass is 474 g/mol. The molecule has 0 aliphatic carbocycles. The summed E-state index contributed by atoms with van der Waals surface area (Å²) in [7, 11) is 0. The number of benzene rings is 3. The van der Waals surface area contributed by atoms with Crippen molar-refractivity contribution >= 4 is 44.7 Å². The van der Waals surface area contributed by atoms with Gasteiger partial charge in [-0.3, -0.25) is 4.79 Å². The molecule has 5 nitrogen and oxygen atoms in total. The molecule has 1 aliphatic heterocycles. The van der Waals surface area contributed by atoms with E-state index in [9.17, 15) is 9.59 Å². The summed E-state index contributed by atoms with van der Waals surface area (Å²) in [5.74, 6) is 0.132. The van der Waals surface area contributed by atoms with Crippen LogP contribution in [0.15, 0.2) is 81.4 Å². The number of esters is 1. The van der Waals surface area contributed by atoms with E-state index < -0.39 is 5.97 Å². The van der Waals surface area contributed by atoms with Crippen LogP contribution in [0.1, 0.15) is 32.0 Å². The van der Waals surface area contributed by atoms with Gasteiger partial charge in [-0.2, -0.15) is 0 Å². The normalized spacial score (nSPS) is 14.0. The number of para-hydroxylation sites is 1. The van der Waals surface area contributed by atoms with Gasteiger partial charge in [-0.25, -0.2) is 4.79 Å². The average Bonchev–Trinajstić information content (AvgIpc) is 3.30. The second-order valence-corrected chi connectivity index (χ2v) is 8.06. The van der Waals surface area contributed by atoms with Crippen LogP contribution in [0.2, 0.25) is 0 Å². The molecule has 1 aliphatic rings. The SMILES string of the molecule is Cc1cc(OC(=O)c2cc3ccccc3o2)cc2c1C(=O)/C(=C/c1cccc(Br)c1)O2. The van der Waals surface area contributed by atoms with Gasteiger partial charge >= 0.3 is 5.97 Å². The van der Waals surface area contributed by atoms with Crippen LogP contribution in [0.3, 0.4) is 0 Å². The van der Waals surface area contributed by atoms with E-state index >= 15 is 0 Å². The summed E-state index contributed by atoms with van der Waals surface area (Å²) in [6, 6.07) is 19.7. The summed E-state index contributed by atoms with van der Waals surface area (Å²) in [6.45, 7) is 1.78. The van der Waals surface area contributed by atoms with Crippen molar-refractivity contribution in [2.75, 3.05) is 0 Å². The Balaban J connectivity index is 1.42. The molecule has 0 unspecified atom stereocenters. The van der Waals surface area contributed by atoms with Crippen molar-refractivity contribution in [3.63, 3.8) is 0 Å². The summed E-state index contributed by atoms with van der Waals surface area (Å²) in [5, 5.41) is 0.816. The Hall–Kier alpha value is -3.64. The first-order valence-electron chi connectivity index (χ1n) is 9.53. The van der Waals surface area contributed by atoms with E-state index in [1.54, 1.807) is 37.3 Å². The van der Waals surface area contributed by atoms with Crippen molar-refractivity contribution in [2.24, 2.45) is 0 Å². The Morgan fingerprint density at radius 3 is 2.68 bits per heavy atom. The quantitative estimate of drug-likeness (QED) is 0.197. The first-order valence-corrected chi connectivity index (χ1v) is 10.3. The first kappa shape index (κ1) is 19.3. The fraction of sp³-hybridized carbons (Fsp3) is 0.0400. The number of hydrogen-bond acceptors (Lipinski definition) is 5. The molecule has 3 aromatic carbocycles. The van der Waals surface area contributed by atoms with Crippen LogP contribution >= 0.6 is 15.9 Å². The number of halogens is 1. The van der Waals surface area contributed by atoms with Gasteiger partial charge in [0.25, 0.3) is 0 Å². The van der Waals surface area contributed by atoms with Crippen LogP contribution in [0.5, 0.6) is 11.5 Å². The molecule has 1 aromatic heterocycles. The predicted molar refractivity (Wildman–Crippen MR) is 119 cm³/mol. The van der Waals surface area contributed by atoms with Crippen LogP contribution < -0.4 is 9.47 Å². The molecule has 2 heterocycles. The molecule has 4 aromatic rings. The number of carbonyl (C=O) groups excluding carboxylic acids is 2. The molecule has 0 radical (unpaired) electrons. The number of ketones is 1. The number of ether oxygens (including phenoxy) is 2. The minimum atomic E-state index is -0.621. The van der Waals surface area contributed by atoms with E-state index in [-0.39, 0.29) is 23.1 Å². The van der Waals surface area contributed by atoms with Crippen molar-refractivity contribution in [3.05, 3.63) is 99.4 Å². The van der Waals surface area contributed by atoms with Crippen LogP contribution in [-0.2, 0) is 0 Å². The number of fused-ring (bicyclic) bond motifs is 2. The highest BCUT2D eigenvalue weighted by atomic mass is 79.9. The minimum absolute atomic E-state index is 0.103. The van der Waals surface area contributed by atoms with E-state index in [0.29, 0.717) is 22.5 Å². The van der Waals surface area contributed by atoms with Gasteiger partial charge in [-0.1, -0.05) is 46.3 Å². The summed E-state index contributed by atoms with van der Waals surface area (Å²) in [6.07, 6.45) is 1.69. The third-order valence-corrected chi connectivity index (χ3v) is 5.42. The lowest BCUT2D eigenvalue weighted by atomic mass is 10.0.